The number of para-hydroxylation sites is 1. The fourth-order valence-electron chi connectivity index (χ4n) is 3.60. The van der Waals surface area contributed by atoms with Crippen molar-refractivity contribution in [2.75, 3.05) is 11.5 Å². The number of anilines is 1. The number of carbonyl (C=O) groups excluding carboxylic acids is 3. The van der Waals surface area contributed by atoms with Gasteiger partial charge in [0.1, 0.15) is 12.2 Å². The number of hydrogen-bond acceptors (Lipinski definition) is 5. The van der Waals surface area contributed by atoms with Gasteiger partial charge < -0.3 is 9.47 Å². The predicted molar refractivity (Wildman–Crippen MR) is 141 cm³/mol. The van der Waals surface area contributed by atoms with Crippen LogP contribution in [0.4, 0.5) is 10.5 Å². The molecule has 0 atom stereocenters. The molecule has 0 saturated carbocycles. The fourth-order valence-corrected chi connectivity index (χ4v) is 3.96. The Hall–Kier alpha value is -3.66. The largest absolute Gasteiger partial charge is 0.490 e. The Bertz CT molecular complexity index is 1320. The first-order chi connectivity index (χ1) is 16.9. The predicted octanol–water partition coefficient (Wildman–Crippen LogP) is 5.24. The Kier molecular flexibility index (Phi) is 7.50. The number of benzene rings is 3. The number of nitrogens with zero attached hydrogens (tertiary/aromatic N) is 1. The van der Waals surface area contributed by atoms with Crippen LogP contribution in [0.3, 0.4) is 0 Å². The number of imide groups is 2. The van der Waals surface area contributed by atoms with E-state index in [1.807, 2.05) is 37.3 Å². The molecule has 4 amide bonds. The summed E-state index contributed by atoms with van der Waals surface area (Å²) in [6.45, 7) is 4.43. The molecular weight excluding hydrogens is 559 g/mol. The minimum Gasteiger partial charge on any atom is -0.490 e. The van der Waals surface area contributed by atoms with Crippen molar-refractivity contribution < 1.29 is 23.9 Å². The summed E-state index contributed by atoms with van der Waals surface area (Å²) in [5, 5.41) is 2.25. The number of nitrogens with one attached hydrogen (secondary N) is 1. The molecule has 1 saturated heterocycles. The van der Waals surface area contributed by atoms with Crippen LogP contribution in [0.25, 0.3) is 6.08 Å². The molecule has 35 heavy (non-hydrogen) atoms. The summed E-state index contributed by atoms with van der Waals surface area (Å²) in [4.78, 5) is 39.2. The lowest BCUT2D eigenvalue weighted by Gasteiger charge is -2.27. The van der Waals surface area contributed by atoms with E-state index in [0.29, 0.717) is 36.0 Å². The molecule has 0 radical (unpaired) electrons. The van der Waals surface area contributed by atoms with Gasteiger partial charge in [0, 0.05) is 3.57 Å². The third-order valence-electron chi connectivity index (χ3n) is 5.34. The molecule has 4 rings (SSSR count). The number of carbonyl (C=O) groups is 3. The lowest BCUT2D eigenvalue weighted by atomic mass is 10.1. The second-order valence-corrected chi connectivity index (χ2v) is 9.04. The van der Waals surface area contributed by atoms with Crippen LogP contribution < -0.4 is 19.7 Å². The molecule has 0 aliphatic carbocycles. The van der Waals surface area contributed by atoms with Crippen LogP contribution in [-0.2, 0) is 16.2 Å². The van der Waals surface area contributed by atoms with E-state index in [2.05, 4.69) is 27.9 Å². The molecule has 0 spiro atoms. The normalized spacial score (nSPS) is 14.8. The van der Waals surface area contributed by atoms with E-state index in [0.717, 1.165) is 19.6 Å². The smallest absolute Gasteiger partial charge is 0.335 e. The standard InChI is InChI=1S/C27H23IN2O5/c1-3-34-24-15-19(10-13-23(24)35-16-18-8-11-20(28)12-9-18)14-21-25(31)29-27(33)30(26(21)32)22-7-5-4-6-17(22)2/h4-15H,3,16H2,1-2H3,(H,29,31,33)/b21-14+. The van der Waals surface area contributed by atoms with Crippen molar-refractivity contribution in [1.82, 2.24) is 5.32 Å². The van der Waals surface area contributed by atoms with E-state index in [-0.39, 0.29) is 5.57 Å². The highest BCUT2D eigenvalue weighted by atomic mass is 127. The Morgan fingerprint density at radius 1 is 0.943 bits per heavy atom. The van der Waals surface area contributed by atoms with E-state index in [4.69, 9.17) is 9.47 Å². The summed E-state index contributed by atoms with van der Waals surface area (Å²) in [5.41, 5.74) is 2.58. The molecule has 1 heterocycles. The first-order valence-corrected chi connectivity index (χ1v) is 12.1. The van der Waals surface area contributed by atoms with Crippen LogP contribution in [-0.4, -0.2) is 24.5 Å². The van der Waals surface area contributed by atoms with Crippen LogP contribution in [0.15, 0.2) is 72.3 Å². The van der Waals surface area contributed by atoms with Gasteiger partial charge in [0.2, 0.25) is 0 Å². The van der Waals surface area contributed by atoms with Crippen LogP contribution in [0.5, 0.6) is 11.5 Å². The van der Waals surface area contributed by atoms with Crippen molar-refractivity contribution in [3.8, 4) is 11.5 Å². The van der Waals surface area contributed by atoms with Gasteiger partial charge in [-0.3, -0.25) is 14.9 Å². The van der Waals surface area contributed by atoms with Crippen molar-refractivity contribution >= 4 is 52.2 Å². The zero-order chi connectivity index (χ0) is 24.9. The maximum Gasteiger partial charge on any atom is 0.335 e. The number of aryl methyl sites for hydroxylation is 1. The van der Waals surface area contributed by atoms with Gasteiger partial charge in [0.05, 0.1) is 12.3 Å². The minimum absolute atomic E-state index is 0.150. The van der Waals surface area contributed by atoms with E-state index >= 15 is 0 Å². The summed E-state index contributed by atoms with van der Waals surface area (Å²) >= 11 is 2.25. The van der Waals surface area contributed by atoms with Crippen molar-refractivity contribution in [1.29, 1.82) is 0 Å². The highest BCUT2D eigenvalue weighted by Gasteiger charge is 2.37. The molecule has 3 aromatic carbocycles. The number of halogens is 1. The first kappa shape index (κ1) is 24.5. The number of rotatable bonds is 7. The molecule has 3 aromatic rings. The lowest BCUT2D eigenvalue weighted by molar-refractivity contribution is -0.122. The van der Waals surface area contributed by atoms with Gasteiger partial charge in [-0.15, -0.1) is 0 Å². The molecule has 1 fully saturated rings. The van der Waals surface area contributed by atoms with Gasteiger partial charge >= 0.3 is 6.03 Å². The fraction of sp³-hybridized carbons (Fsp3) is 0.148. The number of ether oxygens (including phenoxy) is 2. The van der Waals surface area contributed by atoms with Crippen LogP contribution in [0.1, 0.15) is 23.6 Å². The summed E-state index contributed by atoms with van der Waals surface area (Å²) in [5.74, 6) is -0.404. The monoisotopic (exact) mass is 582 g/mol. The molecule has 8 heteroatoms. The van der Waals surface area contributed by atoms with E-state index in [1.165, 1.54) is 6.08 Å². The highest BCUT2D eigenvalue weighted by Crippen LogP contribution is 2.31. The average Bonchev–Trinajstić information content (AvgIpc) is 2.83. The lowest BCUT2D eigenvalue weighted by Crippen LogP contribution is -2.54. The molecule has 1 aliphatic rings. The Morgan fingerprint density at radius 2 is 1.69 bits per heavy atom. The maximum atomic E-state index is 13.2. The first-order valence-electron chi connectivity index (χ1n) is 11.0. The van der Waals surface area contributed by atoms with Crippen LogP contribution in [0.2, 0.25) is 0 Å². The number of barbiturate groups is 1. The molecule has 0 bridgehead atoms. The third-order valence-corrected chi connectivity index (χ3v) is 6.06. The number of urea groups is 1. The average molecular weight is 582 g/mol. The quantitative estimate of drug-likeness (QED) is 0.234. The minimum atomic E-state index is -0.777. The third kappa shape index (κ3) is 5.54. The van der Waals surface area contributed by atoms with Crippen molar-refractivity contribution in [2.45, 2.75) is 20.5 Å². The Labute approximate surface area is 216 Å². The molecular formula is C27H23IN2O5. The van der Waals surface area contributed by atoms with E-state index in [1.54, 1.807) is 43.3 Å². The van der Waals surface area contributed by atoms with E-state index < -0.39 is 17.8 Å². The Morgan fingerprint density at radius 3 is 2.40 bits per heavy atom. The number of hydrogen-bond donors (Lipinski definition) is 1. The zero-order valence-electron chi connectivity index (χ0n) is 19.2. The highest BCUT2D eigenvalue weighted by molar-refractivity contribution is 14.1. The summed E-state index contributed by atoms with van der Waals surface area (Å²) in [6.07, 6.45) is 1.45. The van der Waals surface area contributed by atoms with Gasteiger partial charge in [0.25, 0.3) is 11.8 Å². The van der Waals surface area contributed by atoms with Crippen LogP contribution >= 0.6 is 22.6 Å². The van der Waals surface area contributed by atoms with Gasteiger partial charge in [-0.25, -0.2) is 9.69 Å². The summed E-state index contributed by atoms with van der Waals surface area (Å²) in [6, 6.07) is 19.4. The zero-order valence-corrected chi connectivity index (χ0v) is 21.4. The SMILES string of the molecule is CCOc1cc(/C=C2\C(=O)NC(=O)N(c3ccccc3C)C2=O)ccc1OCc1ccc(I)cc1. The molecule has 7 nitrogen and oxygen atoms in total. The second-order valence-electron chi connectivity index (χ2n) is 7.80. The van der Waals surface area contributed by atoms with Crippen LogP contribution in [0, 0.1) is 10.5 Å². The van der Waals surface area contributed by atoms with Crippen molar-refractivity contribution in [3.05, 3.63) is 92.6 Å². The van der Waals surface area contributed by atoms with Gasteiger partial charge in [0.15, 0.2) is 11.5 Å². The second kappa shape index (κ2) is 10.7. The van der Waals surface area contributed by atoms with Crippen molar-refractivity contribution in [3.63, 3.8) is 0 Å². The molecule has 1 aliphatic heterocycles. The van der Waals surface area contributed by atoms with E-state index in [9.17, 15) is 14.4 Å². The molecule has 178 valence electrons. The molecule has 1 N–H and O–H groups in total. The summed E-state index contributed by atoms with van der Waals surface area (Å²) in [7, 11) is 0. The van der Waals surface area contributed by atoms with Gasteiger partial charge in [-0.05, 0) is 89.5 Å². The number of amides is 4. The van der Waals surface area contributed by atoms with Gasteiger partial charge in [-0.1, -0.05) is 36.4 Å². The summed E-state index contributed by atoms with van der Waals surface area (Å²) < 4.78 is 12.8. The molecule has 0 unspecified atom stereocenters. The van der Waals surface area contributed by atoms with Gasteiger partial charge in [-0.2, -0.15) is 0 Å². The topological polar surface area (TPSA) is 84.9 Å². The maximum absolute atomic E-state index is 13.2. The van der Waals surface area contributed by atoms with Crippen molar-refractivity contribution in [2.24, 2.45) is 0 Å². The molecule has 0 aromatic heterocycles. The Balaban J connectivity index is 1.61.